The van der Waals surface area contributed by atoms with Gasteiger partial charge in [0.15, 0.2) is 0 Å². The summed E-state index contributed by atoms with van der Waals surface area (Å²) in [5.41, 5.74) is 6.67. The molecule has 0 aliphatic heterocycles. The van der Waals surface area contributed by atoms with E-state index in [1.165, 1.54) is 38.6 Å². The molecule has 4 rings (SSSR count). The molecule has 116 valence electrons. The van der Waals surface area contributed by atoms with Crippen molar-refractivity contribution >= 4 is 10.8 Å². The van der Waals surface area contributed by atoms with Crippen molar-refractivity contribution in [3.05, 3.63) is 96.6 Å². The summed E-state index contributed by atoms with van der Waals surface area (Å²) < 4.78 is 0. The van der Waals surface area contributed by atoms with E-state index in [4.69, 9.17) is 0 Å². The van der Waals surface area contributed by atoms with Gasteiger partial charge in [0.1, 0.15) is 0 Å². The molecule has 0 heterocycles. The van der Waals surface area contributed by atoms with Crippen molar-refractivity contribution in [2.45, 2.75) is 13.3 Å². The molecule has 0 saturated carbocycles. The van der Waals surface area contributed by atoms with Gasteiger partial charge in [-0.2, -0.15) is 0 Å². The Bertz CT molecular complexity index is 967. The van der Waals surface area contributed by atoms with Crippen molar-refractivity contribution < 1.29 is 0 Å². The van der Waals surface area contributed by atoms with Crippen molar-refractivity contribution in [3.63, 3.8) is 0 Å². The molecule has 0 amide bonds. The Morgan fingerprint density at radius 3 is 1.75 bits per heavy atom. The summed E-state index contributed by atoms with van der Waals surface area (Å²) in [5.74, 6) is 0. The molecule has 0 nitrogen and oxygen atoms in total. The molecular weight excluding hydrogens is 288 g/mol. The maximum absolute atomic E-state index is 2.38. The van der Waals surface area contributed by atoms with E-state index in [0.717, 1.165) is 6.42 Å². The fourth-order valence-electron chi connectivity index (χ4n) is 3.51. The van der Waals surface area contributed by atoms with Gasteiger partial charge in [0.2, 0.25) is 0 Å². The van der Waals surface area contributed by atoms with Crippen LogP contribution in [0.25, 0.3) is 33.0 Å². The first kappa shape index (κ1) is 14.7. The van der Waals surface area contributed by atoms with Gasteiger partial charge in [-0.1, -0.05) is 91.9 Å². The quantitative estimate of drug-likeness (QED) is 0.393. The van der Waals surface area contributed by atoms with Gasteiger partial charge in [0, 0.05) is 0 Å². The molecule has 24 heavy (non-hydrogen) atoms. The number of benzene rings is 4. The van der Waals surface area contributed by atoms with Crippen LogP contribution in [0, 0.1) is 0 Å². The Balaban J connectivity index is 2.09. The summed E-state index contributed by atoms with van der Waals surface area (Å²) in [6, 6.07) is 32.6. The van der Waals surface area contributed by atoms with Crippen LogP contribution in [0.15, 0.2) is 91.0 Å². The monoisotopic (exact) mass is 308 g/mol. The number of aryl methyl sites for hydroxylation is 1. The van der Waals surface area contributed by atoms with Crippen LogP contribution in [0.3, 0.4) is 0 Å². The van der Waals surface area contributed by atoms with Gasteiger partial charge in [-0.3, -0.25) is 0 Å². The highest BCUT2D eigenvalue weighted by Crippen LogP contribution is 2.38. The minimum Gasteiger partial charge on any atom is -0.0622 e. The van der Waals surface area contributed by atoms with Crippen molar-refractivity contribution in [1.82, 2.24) is 0 Å². The topological polar surface area (TPSA) is 0 Å². The Labute approximate surface area is 143 Å². The van der Waals surface area contributed by atoms with Crippen molar-refractivity contribution in [2.75, 3.05) is 0 Å². The minimum atomic E-state index is 1.02. The standard InChI is InChI=1S/C24H20/c1-2-18-17-23(19-11-5-3-6-12-19)21-15-9-10-16-22(21)24(18)20-13-7-4-8-14-20/h3-17H,2H2,1H3. The summed E-state index contributed by atoms with van der Waals surface area (Å²) in [4.78, 5) is 0. The first-order valence-corrected chi connectivity index (χ1v) is 8.54. The van der Waals surface area contributed by atoms with E-state index in [1.807, 2.05) is 0 Å². The molecule has 0 fully saturated rings. The highest BCUT2D eigenvalue weighted by Gasteiger charge is 2.13. The van der Waals surface area contributed by atoms with Gasteiger partial charge in [0.05, 0.1) is 0 Å². The summed E-state index contributed by atoms with van der Waals surface area (Å²) >= 11 is 0. The molecule has 0 aromatic heterocycles. The second-order valence-electron chi connectivity index (χ2n) is 6.09. The molecule has 0 unspecified atom stereocenters. The highest BCUT2D eigenvalue weighted by atomic mass is 14.2. The molecule has 0 bridgehead atoms. The average Bonchev–Trinajstić information content (AvgIpc) is 2.68. The fourth-order valence-corrected chi connectivity index (χ4v) is 3.51. The maximum atomic E-state index is 2.38. The van der Waals surface area contributed by atoms with Gasteiger partial charge < -0.3 is 0 Å². The molecule has 4 aromatic rings. The van der Waals surface area contributed by atoms with Crippen LogP contribution in [0.2, 0.25) is 0 Å². The smallest absolute Gasteiger partial charge is 0.00730 e. The molecule has 0 heteroatoms. The number of fused-ring (bicyclic) bond motifs is 1. The molecular formula is C24H20. The molecule has 0 aliphatic rings. The zero-order chi connectivity index (χ0) is 16.4. The van der Waals surface area contributed by atoms with E-state index < -0.39 is 0 Å². The first-order valence-electron chi connectivity index (χ1n) is 8.54. The zero-order valence-corrected chi connectivity index (χ0v) is 13.9. The lowest BCUT2D eigenvalue weighted by atomic mass is 9.87. The Hall–Kier alpha value is -2.86. The number of rotatable bonds is 3. The second kappa shape index (κ2) is 6.33. The SMILES string of the molecule is CCc1cc(-c2ccccc2)c2ccccc2c1-c1ccccc1. The average molecular weight is 308 g/mol. The van der Waals surface area contributed by atoms with Crippen LogP contribution in [0.1, 0.15) is 12.5 Å². The predicted molar refractivity (Wildman–Crippen MR) is 104 cm³/mol. The number of hydrogen-bond donors (Lipinski definition) is 0. The predicted octanol–water partition coefficient (Wildman–Crippen LogP) is 6.74. The summed E-state index contributed by atoms with van der Waals surface area (Å²) in [5, 5.41) is 2.65. The molecule has 0 atom stereocenters. The highest BCUT2D eigenvalue weighted by molar-refractivity contribution is 6.06. The lowest BCUT2D eigenvalue weighted by Gasteiger charge is -2.17. The third-order valence-corrected chi connectivity index (χ3v) is 4.65. The van der Waals surface area contributed by atoms with Crippen LogP contribution in [-0.2, 0) is 6.42 Å². The lowest BCUT2D eigenvalue weighted by molar-refractivity contribution is 1.15. The second-order valence-corrected chi connectivity index (χ2v) is 6.09. The lowest BCUT2D eigenvalue weighted by Crippen LogP contribution is -1.93. The van der Waals surface area contributed by atoms with E-state index in [9.17, 15) is 0 Å². The third kappa shape index (κ3) is 2.51. The maximum Gasteiger partial charge on any atom is -0.00730 e. The van der Waals surface area contributed by atoms with E-state index in [1.54, 1.807) is 0 Å². The van der Waals surface area contributed by atoms with E-state index in [2.05, 4.69) is 97.9 Å². The van der Waals surface area contributed by atoms with Crippen molar-refractivity contribution in [3.8, 4) is 22.3 Å². The summed E-state index contributed by atoms with van der Waals surface area (Å²) in [6.45, 7) is 2.24. The number of hydrogen-bond acceptors (Lipinski definition) is 0. The van der Waals surface area contributed by atoms with Crippen LogP contribution >= 0.6 is 0 Å². The summed E-state index contributed by atoms with van der Waals surface area (Å²) in [7, 11) is 0. The first-order chi connectivity index (χ1) is 11.9. The molecule has 0 radical (unpaired) electrons. The molecule has 0 saturated heterocycles. The zero-order valence-electron chi connectivity index (χ0n) is 13.9. The van der Waals surface area contributed by atoms with Crippen molar-refractivity contribution in [1.29, 1.82) is 0 Å². The van der Waals surface area contributed by atoms with Gasteiger partial charge >= 0.3 is 0 Å². The Morgan fingerprint density at radius 1 is 0.583 bits per heavy atom. The molecule has 0 spiro atoms. The van der Waals surface area contributed by atoms with Gasteiger partial charge in [-0.05, 0) is 51.1 Å². The van der Waals surface area contributed by atoms with E-state index in [0.29, 0.717) is 0 Å². The summed E-state index contributed by atoms with van der Waals surface area (Å²) in [6.07, 6.45) is 1.02. The molecule has 4 aromatic carbocycles. The molecule has 0 N–H and O–H groups in total. The Morgan fingerprint density at radius 2 is 1.12 bits per heavy atom. The van der Waals surface area contributed by atoms with E-state index >= 15 is 0 Å². The molecule has 0 aliphatic carbocycles. The minimum absolute atomic E-state index is 1.02. The van der Waals surface area contributed by atoms with Crippen LogP contribution < -0.4 is 0 Å². The third-order valence-electron chi connectivity index (χ3n) is 4.65. The van der Waals surface area contributed by atoms with Gasteiger partial charge in [-0.25, -0.2) is 0 Å². The fraction of sp³-hybridized carbons (Fsp3) is 0.0833. The van der Waals surface area contributed by atoms with Gasteiger partial charge in [-0.15, -0.1) is 0 Å². The van der Waals surface area contributed by atoms with E-state index in [-0.39, 0.29) is 0 Å². The van der Waals surface area contributed by atoms with Crippen LogP contribution in [-0.4, -0.2) is 0 Å². The van der Waals surface area contributed by atoms with Gasteiger partial charge in [0.25, 0.3) is 0 Å². The Kier molecular flexibility index (Phi) is 3.88. The van der Waals surface area contributed by atoms with Crippen LogP contribution in [0.4, 0.5) is 0 Å². The van der Waals surface area contributed by atoms with Crippen molar-refractivity contribution in [2.24, 2.45) is 0 Å². The normalized spacial score (nSPS) is 10.9. The van der Waals surface area contributed by atoms with Crippen LogP contribution in [0.5, 0.6) is 0 Å². The largest absolute Gasteiger partial charge is 0.0622 e.